The number of nitrogens with zero attached hydrogens (tertiary/aromatic N) is 2. The summed E-state index contributed by atoms with van der Waals surface area (Å²) in [5, 5.41) is 3.73. The number of rotatable bonds is 12. The molecule has 0 saturated heterocycles. The van der Waals surface area contributed by atoms with Crippen LogP contribution in [0, 0.1) is 3.57 Å². The van der Waals surface area contributed by atoms with Crippen LogP contribution in [-0.2, 0) is 26.2 Å². The lowest BCUT2D eigenvalue weighted by atomic mass is 10.1. The van der Waals surface area contributed by atoms with Gasteiger partial charge in [-0.1, -0.05) is 61.3 Å². The summed E-state index contributed by atoms with van der Waals surface area (Å²) in [5.41, 5.74) is 0.917. The molecule has 0 unspecified atom stereocenters. The van der Waals surface area contributed by atoms with Crippen molar-refractivity contribution >= 4 is 73.3 Å². The molecule has 0 aliphatic heterocycles. The number of sulfonamides is 1. The van der Waals surface area contributed by atoms with Crippen LogP contribution in [0.15, 0.2) is 77.7 Å². The molecule has 0 fully saturated rings. The number of halogens is 3. The maximum absolute atomic E-state index is 14.1. The van der Waals surface area contributed by atoms with Crippen molar-refractivity contribution in [3.63, 3.8) is 0 Å². The van der Waals surface area contributed by atoms with Crippen LogP contribution < -0.4 is 9.62 Å². The fourth-order valence-corrected chi connectivity index (χ4v) is 6.31. The maximum Gasteiger partial charge on any atom is 0.264 e. The third kappa shape index (κ3) is 8.11. The summed E-state index contributed by atoms with van der Waals surface area (Å²) < 4.78 is 29.6. The number of benzene rings is 3. The maximum atomic E-state index is 14.1. The van der Waals surface area contributed by atoms with Crippen LogP contribution in [0.1, 0.15) is 39.2 Å². The van der Waals surface area contributed by atoms with E-state index in [-0.39, 0.29) is 23.4 Å². The second-order valence-electron chi connectivity index (χ2n) is 9.30. The molecule has 0 aromatic heterocycles. The minimum Gasteiger partial charge on any atom is -0.352 e. The van der Waals surface area contributed by atoms with Gasteiger partial charge in [0, 0.05) is 26.2 Å². The fraction of sp³-hybridized carbons (Fsp3) is 0.310. The van der Waals surface area contributed by atoms with Gasteiger partial charge in [-0.25, -0.2) is 8.42 Å². The first-order valence-corrected chi connectivity index (χ1v) is 16.1. The summed E-state index contributed by atoms with van der Waals surface area (Å²) in [6.45, 7) is 5.12. The molecule has 7 nitrogen and oxygen atoms in total. The first-order valence-electron chi connectivity index (χ1n) is 12.8. The Balaban J connectivity index is 2.07. The number of carbonyl (C=O) groups is 2. The summed E-state index contributed by atoms with van der Waals surface area (Å²) >= 11 is 14.7. The molecule has 0 bridgehead atoms. The molecule has 0 aliphatic rings. The highest BCUT2D eigenvalue weighted by Crippen LogP contribution is 2.27. The average molecular weight is 716 g/mol. The Morgan fingerprint density at radius 2 is 1.60 bits per heavy atom. The summed E-state index contributed by atoms with van der Waals surface area (Å²) in [6.07, 6.45) is 1.03. The molecule has 0 spiro atoms. The van der Waals surface area contributed by atoms with Crippen LogP contribution in [-0.4, -0.2) is 43.8 Å². The molecule has 0 saturated carbocycles. The zero-order valence-electron chi connectivity index (χ0n) is 22.5. The van der Waals surface area contributed by atoms with Crippen molar-refractivity contribution in [1.82, 2.24) is 10.2 Å². The van der Waals surface area contributed by atoms with Gasteiger partial charge >= 0.3 is 0 Å². The van der Waals surface area contributed by atoms with E-state index in [2.05, 4.69) is 27.9 Å². The zero-order valence-corrected chi connectivity index (χ0v) is 27.0. The van der Waals surface area contributed by atoms with Gasteiger partial charge in [0.2, 0.25) is 11.8 Å². The molecule has 1 N–H and O–H groups in total. The molecule has 0 radical (unpaired) electrons. The van der Waals surface area contributed by atoms with Gasteiger partial charge in [-0.15, -0.1) is 0 Å². The minimum absolute atomic E-state index is 0.00676. The summed E-state index contributed by atoms with van der Waals surface area (Å²) in [7, 11) is -4.12. The molecule has 214 valence electrons. The first-order chi connectivity index (χ1) is 19.0. The monoisotopic (exact) mass is 715 g/mol. The van der Waals surface area contributed by atoms with Crippen LogP contribution in [0.4, 0.5) is 5.69 Å². The van der Waals surface area contributed by atoms with E-state index in [1.54, 1.807) is 60.7 Å². The Kier molecular flexibility index (Phi) is 11.7. The molecule has 2 atom stereocenters. The summed E-state index contributed by atoms with van der Waals surface area (Å²) in [6, 6.07) is 18.8. The number of hydrogen-bond donors (Lipinski definition) is 1. The van der Waals surface area contributed by atoms with Crippen LogP contribution in [0.25, 0.3) is 0 Å². The Labute approximate surface area is 260 Å². The number of anilines is 1. The van der Waals surface area contributed by atoms with Crippen molar-refractivity contribution in [2.24, 2.45) is 0 Å². The highest BCUT2D eigenvalue weighted by atomic mass is 127. The lowest BCUT2D eigenvalue weighted by Gasteiger charge is -2.34. The third-order valence-corrected chi connectivity index (χ3v) is 9.56. The predicted molar refractivity (Wildman–Crippen MR) is 169 cm³/mol. The van der Waals surface area contributed by atoms with Crippen LogP contribution in [0.5, 0.6) is 0 Å². The first kappa shape index (κ1) is 32.2. The van der Waals surface area contributed by atoms with Gasteiger partial charge in [0.15, 0.2) is 0 Å². The van der Waals surface area contributed by atoms with Crippen LogP contribution >= 0.6 is 45.8 Å². The smallest absolute Gasteiger partial charge is 0.264 e. The quantitative estimate of drug-likeness (QED) is 0.217. The molecule has 2 amide bonds. The largest absolute Gasteiger partial charge is 0.352 e. The lowest BCUT2D eigenvalue weighted by Crippen LogP contribution is -2.53. The highest BCUT2D eigenvalue weighted by Gasteiger charge is 2.34. The van der Waals surface area contributed by atoms with Crippen molar-refractivity contribution in [2.45, 2.75) is 57.1 Å². The number of amides is 2. The normalized spacial score (nSPS) is 12.8. The van der Waals surface area contributed by atoms with Gasteiger partial charge in [-0.05, 0) is 96.5 Å². The van der Waals surface area contributed by atoms with E-state index in [0.717, 1.165) is 14.3 Å². The molecule has 40 heavy (non-hydrogen) atoms. The van der Waals surface area contributed by atoms with Crippen molar-refractivity contribution in [1.29, 1.82) is 0 Å². The van der Waals surface area contributed by atoms with E-state index >= 15 is 0 Å². The summed E-state index contributed by atoms with van der Waals surface area (Å²) in [4.78, 5) is 28.9. The highest BCUT2D eigenvalue weighted by molar-refractivity contribution is 14.1. The number of hydrogen-bond acceptors (Lipinski definition) is 4. The van der Waals surface area contributed by atoms with E-state index in [4.69, 9.17) is 23.2 Å². The summed E-state index contributed by atoms with van der Waals surface area (Å²) in [5.74, 6) is -0.864. The average Bonchev–Trinajstić information content (AvgIpc) is 2.93. The van der Waals surface area contributed by atoms with Crippen LogP contribution in [0.3, 0.4) is 0 Å². The van der Waals surface area contributed by atoms with Gasteiger partial charge < -0.3 is 10.2 Å². The lowest BCUT2D eigenvalue weighted by molar-refractivity contribution is -0.140. The van der Waals surface area contributed by atoms with E-state index in [9.17, 15) is 18.0 Å². The van der Waals surface area contributed by atoms with E-state index in [1.165, 1.54) is 17.0 Å². The Hall–Kier alpha value is -2.34. The topological polar surface area (TPSA) is 86.8 Å². The fourth-order valence-electron chi connectivity index (χ4n) is 4.05. The van der Waals surface area contributed by atoms with Gasteiger partial charge in [0.05, 0.1) is 10.6 Å². The molecular formula is C29H32Cl2IN3O4S. The number of nitrogens with one attached hydrogen (secondary N) is 1. The Morgan fingerprint density at radius 1 is 0.950 bits per heavy atom. The molecule has 3 aromatic rings. The molecule has 3 aromatic carbocycles. The number of carbonyl (C=O) groups excluding carboxylic acids is 2. The molecule has 11 heteroatoms. The van der Waals surface area contributed by atoms with Crippen LogP contribution in [0.2, 0.25) is 10.0 Å². The van der Waals surface area contributed by atoms with E-state index in [0.29, 0.717) is 27.7 Å². The van der Waals surface area contributed by atoms with E-state index < -0.39 is 28.5 Å². The zero-order chi connectivity index (χ0) is 29.4. The third-order valence-electron chi connectivity index (χ3n) is 6.47. The molecule has 0 aliphatic carbocycles. The minimum atomic E-state index is -4.12. The van der Waals surface area contributed by atoms with Crippen molar-refractivity contribution in [3.05, 3.63) is 92.0 Å². The van der Waals surface area contributed by atoms with Gasteiger partial charge in [-0.2, -0.15) is 0 Å². The van der Waals surface area contributed by atoms with Gasteiger partial charge in [-0.3, -0.25) is 13.9 Å². The SMILES string of the molecule is CC[C@H](C(=O)N[C@@H](C)CC)N(Cc1ccc(Cl)cc1Cl)C(=O)CN(c1ccc(I)cc1)S(=O)(=O)c1ccccc1. The molecule has 0 heterocycles. The second kappa shape index (κ2) is 14.5. The van der Waals surface area contributed by atoms with Crippen molar-refractivity contribution < 1.29 is 18.0 Å². The Bertz CT molecular complexity index is 1420. The van der Waals surface area contributed by atoms with Gasteiger partial charge in [0.1, 0.15) is 12.6 Å². The van der Waals surface area contributed by atoms with Crippen molar-refractivity contribution in [3.8, 4) is 0 Å². The second-order valence-corrected chi connectivity index (χ2v) is 13.3. The standard InChI is InChI=1S/C29H32Cl2IN3O4S/c1-4-20(3)33-29(37)27(5-2)34(18-21-11-12-22(30)17-26(21)31)28(36)19-35(24-15-13-23(32)14-16-24)40(38,39)25-9-7-6-8-10-25/h6-17,20,27H,4-5,18-19H2,1-3H3,(H,33,37)/t20-,27+/m0/s1. The van der Waals surface area contributed by atoms with Gasteiger partial charge in [0.25, 0.3) is 10.0 Å². The van der Waals surface area contributed by atoms with E-state index in [1.807, 2.05) is 20.8 Å². The molecular weight excluding hydrogens is 684 g/mol. The predicted octanol–water partition coefficient (Wildman–Crippen LogP) is 6.52. The Morgan fingerprint density at radius 3 is 2.17 bits per heavy atom. The van der Waals surface area contributed by atoms with Crippen molar-refractivity contribution in [2.75, 3.05) is 10.8 Å². The molecule has 3 rings (SSSR count).